The van der Waals surface area contributed by atoms with E-state index in [1.807, 2.05) is 0 Å². The molecule has 72 valence electrons. The van der Waals surface area contributed by atoms with E-state index < -0.39 is 11.1 Å². The normalized spacial score (nSPS) is 14.5. The molecule has 0 saturated carbocycles. The fraction of sp³-hybridized carbons (Fsp3) is 0.500. The summed E-state index contributed by atoms with van der Waals surface area (Å²) in [6, 6.07) is 0. The van der Waals surface area contributed by atoms with Crippen LogP contribution in [0.5, 0.6) is 0 Å². The summed E-state index contributed by atoms with van der Waals surface area (Å²) in [6.45, 7) is 1.76. The van der Waals surface area contributed by atoms with Gasteiger partial charge in [0.05, 0.1) is 6.54 Å². The lowest BCUT2D eigenvalue weighted by molar-refractivity contribution is 0.466. The van der Waals surface area contributed by atoms with Crippen molar-refractivity contribution < 1.29 is 0 Å². The van der Waals surface area contributed by atoms with Gasteiger partial charge in [-0.05, 0) is 0 Å². The smallest absolute Gasteiger partial charge is 0.308 e. The molecule has 0 unspecified atom stereocenters. The molecule has 7 heteroatoms. The first-order chi connectivity index (χ1) is 5.79. The molecule has 0 bridgehead atoms. The molecule has 1 aliphatic rings. The van der Waals surface area contributed by atoms with Crippen molar-refractivity contribution in [3.05, 3.63) is 26.5 Å². The molecule has 0 saturated heterocycles. The highest BCUT2D eigenvalue weighted by molar-refractivity contribution is 5.85. The van der Waals surface area contributed by atoms with Crippen molar-refractivity contribution in [1.82, 2.24) is 20.1 Å². The molecule has 1 aromatic heterocycles. The van der Waals surface area contributed by atoms with Crippen LogP contribution in [0.4, 0.5) is 0 Å². The SMILES string of the molecule is Cl.O=c1[nH]nc2n(c1=O)CCNC2. The predicted molar refractivity (Wildman–Crippen MR) is 48.1 cm³/mol. The van der Waals surface area contributed by atoms with E-state index in [1.165, 1.54) is 4.57 Å². The van der Waals surface area contributed by atoms with E-state index in [-0.39, 0.29) is 12.4 Å². The molecule has 0 aliphatic carbocycles. The third-order valence-corrected chi connectivity index (χ3v) is 1.83. The molecule has 0 radical (unpaired) electrons. The third-order valence-electron chi connectivity index (χ3n) is 1.83. The summed E-state index contributed by atoms with van der Waals surface area (Å²) < 4.78 is 1.40. The van der Waals surface area contributed by atoms with Crippen LogP contribution in [0.15, 0.2) is 9.59 Å². The Balaban J connectivity index is 0.000000845. The second-order valence-corrected chi connectivity index (χ2v) is 2.60. The summed E-state index contributed by atoms with van der Waals surface area (Å²) in [5.41, 5.74) is -1.16. The monoisotopic (exact) mass is 204 g/mol. The molecule has 13 heavy (non-hydrogen) atoms. The number of hydrogen-bond acceptors (Lipinski definition) is 4. The molecule has 1 aliphatic heterocycles. The zero-order valence-electron chi connectivity index (χ0n) is 6.74. The number of nitrogens with zero attached hydrogens (tertiary/aromatic N) is 2. The highest BCUT2D eigenvalue weighted by atomic mass is 35.5. The predicted octanol–water partition coefficient (Wildman–Crippen LogP) is -1.54. The maximum Gasteiger partial charge on any atom is 0.330 e. The number of aromatic nitrogens is 3. The number of fused-ring (bicyclic) bond motifs is 1. The van der Waals surface area contributed by atoms with Gasteiger partial charge in [0.1, 0.15) is 5.82 Å². The number of rotatable bonds is 0. The third kappa shape index (κ3) is 1.63. The Morgan fingerprint density at radius 3 is 2.92 bits per heavy atom. The van der Waals surface area contributed by atoms with Crippen LogP contribution in [-0.4, -0.2) is 21.3 Å². The quantitative estimate of drug-likeness (QED) is 0.502. The van der Waals surface area contributed by atoms with Crippen molar-refractivity contribution in [3.63, 3.8) is 0 Å². The van der Waals surface area contributed by atoms with Crippen LogP contribution >= 0.6 is 12.4 Å². The number of H-pyrrole nitrogens is 1. The molecule has 0 fully saturated rings. The molecular weight excluding hydrogens is 196 g/mol. The first-order valence-corrected chi connectivity index (χ1v) is 3.68. The van der Waals surface area contributed by atoms with Crippen LogP contribution < -0.4 is 16.4 Å². The molecule has 0 amide bonds. The van der Waals surface area contributed by atoms with Gasteiger partial charge in [0.2, 0.25) is 0 Å². The molecular formula is C6H9ClN4O2. The number of aromatic amines is 1. The van der Waals surface area contributed by atoms with Gasteiger partial charge in [0.25, 0.3) is 0 Å². The largest absolute Gasteiger partial charge is 0.330 e. The van der Waals surface area contributed by atoms with Crippen molar-refractivity contribution in [2.45, 2.75) is 13.1 Å². The summed E-state index contributed by atoms with van der Waals surface area (Å²) in [4.78, 5) is 22.0. The van der Waals surface area contributed by atoms with Gasteiger partial charge in [-0.1, -0.05) is 0 Å². The highest BCUT2D eigenvalue weighted by Crippen LogP contribution is 1.92. The maximum absolute atomic E-state index is 11.2. The second kappa shape index (κ2) is 3.71. The highest BCUT2D eigenvalue weighted by Gasteiger charge is 2.11. The molecule has 1 aromatic rings. The van der Waals surface area contributed by atoms with E-state index in [0.717, 1.165) is 0 Å². The van der Waals surface area contributed by atoms with E-state index in [1.54, 1.807) is 0 Å². The van der Waals surface area contributed by atoms with Crippen molar-refractivity contribution >= 4 is 12.4 Å². The minimum absolute atomic E-state index is 0. The Hall–Kier alpha value is -1.14. The van der Waals surface area contributed by atoms with Gasteiger partial charge in [-0.25, -0.2) is 5.10 Å². The zero-order valence-corrected chi connectivity index (χ0v) is 7.56. The fourth-order valence-corrected chi connectivity index (χ4v) is 1.22. The van der Waals surface area contributed by atoms with Gasteiger partial charge in [-0.2, -0.15) is 5.10 Å². The Labute approximate surface area is 79.4 Å². The Morgan fingerprint density at radius 1 is 1.38 bits per heavy atom. The van der Waals surface area contributed by atoms with Gasteiger partial charge in [0.15, 0.2) is 0 Å². The van der Waals surface area contributed by atoms with Crippen LogP contribution in [-0.2, 0) is 13.1 Å². The van der Waals surface area contributed by atoms with Gasteiger partial charge < -0.3 is 5.32 Å². The van der Waals surface area contributed by atoms with Crippen molar-refractivity contribution in [2.75, 3.05) is 6.54 Å². The fourth-order valence-electron chi connectivity index (χ4n) is 1.22. The Kier molecular flexibility index (Phi) is 2.84. The number of halogens is 1. The van der Waals surface area contributed by atoms with Crippen LogP contribution in [0.3, 0.4) is 0 Å². The van der Waals surface area contributed by atoms with E-state index in [9.17, 15) is 9.59 Å². The van der Waals surface area contributed by atoms with E-state index in [4.69, 9.17) is 0 Å². The maximum atomic E-state index is 11.2. The first kappa shape index (κ1) is 9.94. The molecule has 2 N–H and O–H groups in total. The van der Waals surface area contributed by atoms with Crippen LogP contribution in [0, 0.1) is 0 Å². The number of nitrogens with one attached hydrogen (secondary N) is 2. The zero-order chi connectivity index (χ0) is 8.55. The summed E-state index contributed by atoms with van der Waals surface area (Å²) in [5, 5.41) is 8.93. The second-order valence-electron chi connectivity index (χ2n) is 2.60. The van der Waals surface area contributed by atoms with Gasteiger partial charge >= 0.3 is 11.1 Å². The summed E-state index contributed by atoms with van der Waals surface area (Å²) >= 11 is 0. The van der Waals surface area contributed by atoms with E-state index in [0.29, 0.717) is 25.5 Å². The lowest BCUT2D eigenvalue weighted by Crippen LogP contribution is -2.44. The topological polar surface area (TPSA) is 79.8 Å². The lowest BCUT2D eigenvalue weighted by Gasteiger charge is -2.16. The standard InChI is InChI=1S/C6H8N4O2.ClH/c11-5-6(12)10-2-1-7-3-4(10)8-9-5;/h7H,1-3H2,(H,9,11);1H. The number of hydrogen-bond donors (Lipinski definition) is 2. The molecule has 0 spiro atoms. The first-order valence-electron chi connectivity index (χ1n) is 3.68. The average molecular weight is 205 g/mol. The minimum atomic E-state index is -0.652. The van der Waals surface area contributed by atoms with Crippen molar-refractivity contribution in [3.8, 4) is 0 Å². The molecule has 0 aromatic carbocycles. The van der Waals surface area contributed by atoms with Gasteiger partial charge in [-0.3, -0.25) is 14.2 Å². The molecule has 2 heterocycles. The summed E-state index contributed by atoms with van der Waals surface area (Å²) in [5.74, 6) is 0.589. The molecule has 2 rings (SSSR count). The summed E-state index contributed by atoms with van der Waals surface area (Å²) in [7, 11) is 0. The Bertz CT molecular complexity index is 410. The van der Waals surface area contributed by atoms with E-state index >= 15 is 0 Å². The van der Waals surface area contributed by atoms with Crippen LogP contribution in [0.1, 0.15) is 5.82 Å². The minimum Gasteiger partial charge on any atom is -0.308 e. The summed E-state index contributed by atoms with van der Waals surface area (Å²) in [6.07, 6.45) is 0. The van der Waals surface area contributed by atoms with Gasteiger partial charge in [0, 0.05) is 13.1 Å². The molecule has 6 nitrogen and oxygen atoms in total. The van der Waals surface area contributed by atoms with Gasteiger partial charge in [-0.15, -0.1) is 12.4 Å². The van der Waals surface area contributed by atoms with E-state index in [2.05, 4.69) is 15.5 Å². The lowest BCUT2D eigenvalue weighted by atomic mass is 10.4. The average Bonchev–Trinajstić information content (AvgIpc) is 2.12. The molecule has 0 atom stereocenters. The Morgan fingerprint density at radius 2 is 2.15 bits per heavy atom. The van der Waals surface area contributed by atoms with Crippen molar-refractivity contribution in [2.24, 2.45) is 0 Å². The van der Waals surface area contributed by atoms with Crippen LogP contribution in [0.2, 0.25) is 0 Å². The van der Waals surface area contributed by atoms with Crippen LogP contribution in [0.25, 0.3) is 0 Å². The van der Waals surface area contributed by atoms with Crippen molar-refractivity contribution in [1.29, 1.82) is 0 Å².